The summed E-state index contributed by atoms with van der Waals surface area (Å²) in [4.78, 5) is 0. The first-order valence-corrected chi connectivity index (χ1v) is 8.10. The third-order valence-corrected chi connectivity index (χ3v) is 3.48. The lowest BCUT2D eigenvalue weighted by Crippen LogP contribution is -2.26. The number of rotatable bonds is 11. The molecule has 0 aromatic rings. The predicted molar refractivity (Wildman–Crippen MR) is 84.1 cm³/mol. The van der Waals surface area contributed by atoms with E-state index in [0.717, 1.165) is 12.5 Å². The topological polar surface area (TPSA) is 12.0 Å². The molecule has 18 heavy (non-hydrogen) atoms. The highest BCUT2D eigenvalue weighted by Crippen LogP contribution is 2.21. The molecule has 0 rings (SSSR count). The second-order valence-corrected chi connectivity index (χ2v) is 5.58. The molecule has 0 radical (unpaired) electrons. The molecular formula is C17H35N. The maximum absolute atomic E-state index is 3.53. The van der Waals surface area contributed by atoms with Crippen molar-refractivity contribution in [3.05, 3.63) is 11.6 Å². The first-order valence-electron chi connectivity index (χ1n) is 8.10. The maximum atomic E-state index is 3.53. The minimum absolute atomic E-state index is 0.622. The molecule has 0 fully saturated rings. The van der Waals surface area contributed by atoms with E-state index >= 15 is 0 Å². The minimum atomic E-state index is 0.622. The van der Waals surface area contributed by atoms with Crippen LogP contribution in [0.25, 0.3) is 0 Å². The summed E-state index contributed by atoms with van der Waals surface area (Å²) in [6, 6.07) is 0.622. The third kappa shape index (κ3) is 8.74. The Morgan fingerprint density at radius 3 is 2.06 bits per heavy atom. The van der Waals surface area contributed by atoms with Crippen molar-refractivity contribution < 1.29 is 0 Å². The van der Waals surface area contributed by atoms with Gasteiger partial charge in [-0.15, -0.1) is 0 Å². The van der Waals surface area contributed by atoms with Gasteiger partial charge in [-0.05, 0) is 45.1 Å². The average molecular weight is 253 g/mol. The summed E-state index contributed by atoms with van der Waals surface area (Å²) in [7, 11) is 0. The lowest BCUT2D eigenvalue weighted by atomic mass is 9.92. The quantitative estimate of drug-likeness (QED) is 0.492. The molecule has 1 unspecified atom stereocenters. The number of nitrogens with one attached hydrogen (secondary N) is 1. The van der Waals surface area contributed by atoms with Crippen LogP contribution in [0.2, 0.25) is 0 Å². The van der Waals surface area contributed by atoms with Crippen LogP contribution in [-0.4, -0.2) is 12.6 Å². The van der Waals surface area contributed by atoms with Gasteiger partial charge in [0.2, 0.25) is 0 Å². The molecule has 0 aromatic carbocycles. The Hall–Kier alpha value is -0.300. The van der Waals surface area contributed by atoms with Crippen LogP contribution < -0.4 is 5.32 Å². The largest absolute Gasteiger partial charge is 0.314 e. The number of hydrogen-bond donors (Lipinski definition) is 1. The Morgan fingerprint density at radius 1 is 1.00 bits per heavy atom. The fourth-order valence-electron chi connectivity index (χ4n) is 2.77. The zero-order valence-corrected chi connectivity index (χ0v) is 13.4. The lowest BCUT2D eigenvalue weighted by Gasteiger charge is -2.18. The van der Waals surface area contributed by atoms with E-state index in [1.165, 1.54) is 44.9 Å². The molecule has 0 aliphatic heterocycles. The van der Waals surface area contributed by atoms with Crippen LogP contribution in [0.4, 0.5) is 0 Å². The van der Waals surface area contributed by atoms with Gasteiger partial charge in [0.25, 0.3) is 0 Å². The Labute approximate surface area is 115 Å². The predicted octanol–water partition coefficient (Wildman–Crippen LogP) is 5.32. The van der Waals surface area contributed by atoms with E-state index in [4.69, 9.17) is 0 Å². The fraction of sp³-hybridized carbons (Fsp3) is 0.882. The summed E-state index contributed by atoms with van der Waals surface area (Å²) in [5, 5.41) is 3.53. The van der Waals surface area contributed by atoms with Gasteiger partial charge in [0.05, 0.1) is 0 Å². The van der Waals surface area contributed by atoms with Crippen molar-refractivity contribution in [1.29, 1.82) is 0 Å². The van der Waals surface area contributed by atoms with E-state index in [1.807, 2.05) is 0 Å². The number of allylic oxidation sites excluding steroid dienone is 1. The van der Waals surface area contributed by atoms with Gasteiger partial charge >= 0.3 is 0 Å². The molecule has 0 heterocycles. The average Bonchev–Trinajstić information content (AvgIpc) is 2.30. The maximum Gasteiger partial charge on any atom is 0.00757 e. The first kappa shape index (κ1) is 17.7. The molecule has 0 amide bonds. The molecule has 1 nitrogen and oxygen atoms in total. The Morgan fingerprint density at radius 2 is 1.61 bits per heavy atom. The highest BCUT2D eigenvalue weighted by molar-refractivity contribution is 5.06. The van der Waals surface area contributed by atoms with E-state index in [0.29, 0.717) is 6.04 Å². The van der Waals surface area contributed by atoms with Gasteiger partial charge in [-0.25, -0.2) is 0 Å². The van der Waals surface area contributed by atoms with E-state index < -0.39 is 0 Å². The second kappa shape index (κ2) is 11.8. The molecule has 108 valence electrons. The van der Waals surface area contributed by atoms with Crippen LogP contribution in [0.1, 0.15) is 79.6 Å². The molecule has 1 atom stereocenters. The SMILES string of the molecule is CCC/C(=C\C(CCC)CCC)CC(C)NCC. The van der Waals surface area contributed by atoms with E-state index in [1.54, 1.807) is 5.57 Å². The minimum Gasteiger partial charge on any atom is -0.314 e. The normalized spacial score (nSPS) is 14.2. The highest BCUT2D eigenvalue weighted by atomic mass is 14.9. The smallest absolute Gasteiger partial charge is 0.00757 e. The summed E-state index contributed by atoms with van der Waals surface area (Å²) >= 11 is 0. The highest BCUT2D eigenvalue weighted by Gasteiger charge is 2.08. The monoisotopic (exact) mass is 253 g/mol. The van der Waals surface area contributed by atoms with Crippen LogP contribution in [0.5, 0.6) is 0 Å². The van der Waals surface area contributed by atoms with Crippen LogP contribution in [-0.2, 0) is 0 Å². The van der Waals surface area contributed by atoms with Gasteiger partial charge in [-0.3, -0.25) is 0 Å². The van der Waals surface area contributed by atoms with E-state index in [9.17, 15) is 0 Å². The lowest BCUT2D eigenvalue weighted by molar-refractivity contribution is 0.512. The summed E-state index contributed by atoms with van der Waals surface area (Å²) in [6.07, 6.45) is 11.7. The van der Waals surface area contributed by atoms with Crippen molar-refractivity contribution in [2.75, 3.05) is 6.54 Å². The molecule has 1 heteroatoms. The van der Waals surface area contributed by atoms with Crippen LogP contribution in [0, 0.1) is 5.92 Å². The molecule has 0 aliphatic rings. The Kier molecular flexibility index (Phi) is 11.6. The Bertz CT molecular complexity index is 202. The Balaban J connectivity index is 4.49. The van der Waals surface area contributed by atoms with Gasteiger partial charge in [0, 0.05) is 6.04 Å². The van der Waals surface area contributed by atoms with Crippen LogP contribution in [0.3, 0.4) is 0 Å². The van der Waals surface area contributed by atoms with Crippen molar-refractivity contribution in [2.24, 2.45) is 5.92 Å². The van der Waals surface area contributed by atoms with Gasteiger partial charge < -0.3 is 5.32 Å². The number of hydrogen-bond acceptors (Lipinski definition) is 1. The van der Waals surface area contributed by atoms with Gasteiger partial charge in [-0.1, -0.05) is 58.6 Å². The molecule has 0 aliphatic carbocycles. The molecule has 1 N–H and O–H groups in total. The summed E-state index contributed by atoms with van der Waals surface area (Å²) in [5.74, 6) is 0.815. The third-order valence-electron chi connectivity index (χ3n) is 3.48. The van der Waals surface area contributed by atoms with Gasteiger partial charge in [-0.2, -0.15) is 0 Å². The molecule has 0 saturated carbocycles. The molecule has 0 saturated heterocycles. The van der Waals surface area contributed by atoms with E-state index in [2.05, 4.69) is 46.0 Å². The van der Waals surface area contributed by atoms with Crippen molar-refractivity contribution in [1.82, 2.24) is 5.32 Å². The summed E-state index contributed by atoms with van der Waals surface area (Å²) in [5.41, 5.74) is 1.68. The van der Waals surface area contributed by atoms with Crippen LogP contribution in [0.15, 0.2) is 11.6 Å². The van der Waals surface area contributed by atoms with E-state index in [-0.39, 0.29) is 0 Å². The standard InChI is InChI=1S/C17H35N/c1-6-10-16(11-7-2)14-17(12-8-3)13-15(5)18-9-4/h14-16,18H,6-13H2,1-5H3/b17-14+. The first-order chi connectivity index (χ1) is 8.67. The van der Waals surface area contributed by atoms with Crippen LogP contribution >= 0.6 is 0 Å². The van der Waals surface area contributed by atoms with Crippen molar-refractivity contribution >= 4 is 0 Å². The molecular weight excluding hydrogens is 218 g/mol. The molecule has 0 bridgehead atoms. The summed E-state index contributed by atoms with van der Waals surface area (Å²) in [6.45, 7) is 12.5. The molecule has 0 spiro atoms. The van der Waals surface area contributed by atoms with Crippen molar-refractivity contribution in [2.45, 2.75) is 85.6 Å². The van der Waals surface area contributed by atoms with Gasteiger partial charge in [0.1, 0.15) is 0 Å². The second-order valence-electron chi connectivity index (χ2n) is 5.58. The van der Waals surface area contributed by atoms with Gasteiger partial charge in [0.15, 0.2) is 0 Å². The zero-order valence-electron chi connectivity index (χ0n) is 13.4. The fourth-order valence-corrected chi connectivity index (χ4v) is 2.77. The zero-order chi connectivity index (χ0) is 13.8. The molecule has 0 aromatic heterocycles. The van der Waals surface area contributed by atoms with Crippen molar-refractivity contribution in [3.8, 4) is 0 Å². The van der Waals surface area contributed by atoms with Crippen molar-refractivity contribution in [3.63, 3.8) is 0 Å². The summed E-state index contributed by atoms with van der Waals surface area (Å²) < 4.78 is 0.